The number of aromatic amines is 1. The lowest BCUT2D eigenvalue weighted by Gasteiger charge is -2.37. The molecule has 0 bridgehead atoms. The van der Waals surface area contributed by atoms with Crippen molar-refractivity contribution in [1.29, 1.82) is 0 Å². The van der Waals surface area contributed by atoms with Crippen molar-refractivity contribution in [2.45, 2.75) is 24.8 Å². The van der Waals surface area contributed by atoms with Crippen LogP contribution in [0.3, 0.4) is 0 Å². The Morgan fingerprint density at radius 3 is 2.57 bits per heavy atom. The van der Waals surface area contributed by atoms with Crippen LogP contribution in [0.15, 0.2) is 53.7 Å². The number of hydrogen-bond donors (Lipinski definition) is 4. The molecule has 0 aliphatic carbocycles. The second-order valence-electron chi connectivity index (χ2n) is 10.4. The van der Waals surface area contributed by atoms with E-state index in [-0.39, 0.29) is 30.2 Å². The third-order valence-corrected chi connectivity index (χ3v) is 8.67. The van der Waals surface area contributed by atoms with Gasteiger partial charge in [0.1, 0.15) is 4.90 Å². The van der Waals surface area contributed by atoms with Gasteiger partial charge in [-0.25, -0.2) is 22.8 Å². The van der Waals surface area contributed by atoms with Crippen LogP contribution in [0.1, 0.15) is 12.5 Å². The normalized spacial score (nSPS) is 15.5. The number of rotatable bonds is 9. The number of amides is 1. The van der Waals surface area contributed by atoms with E-state index >= 15 is 0 Å². The molecule has 3 heterocycles. The molecule has 13 heteroatoms. The predicted molar refractivity (Wildman–Crippen MR) is 160 cm³/mol. The lowest BCUT2D eigenvalue weighted by atomic mass is 10.1. The van der Waals surface area contributed by atoms with E-state index in [1.54, 1.807) is 12.4 Å². The maximum Gasteiger partial charge on any atom is 0.241 e. The van der Waals surface area contributed by atoms with Gasteiger partial charge in [0, 0.05) is 62.3 Å². The number of carbonyl (C=O) groups is 1. The van der Waals surface area contributed by atoms with E-state index in [1.807, 2.05) is 32.0 Å². The molecule has 0 spiro atoms. The van der Waals surface area contributed by atoms with Crippen molar-refractivity contribution in [3.63, 3.8) is 0 Å². The Morgan fingerprint density at radius 1 is 1.14 bits per heavy atom. The van der Waals surface area contributed by atoms with Gasteiger partial charge in [-0.1, -0.05) is 18.2 Å². The van der Waals surface area contributed by atoms with Gasteiger partial charge in [-0.05, 0) is 37.6 Å². The van der Waals surface area contributed by atoms with Crippen LogP contribution in [-0.4, -0.2) is 95.8 Å². The summed E-state index contributed by atoms with van der Waals surface area (Å²) < 4.78 is 38.8. The molecule has 1 aliphatic heterocycles. The topological polar surface area (TPSA) is 144 Å². The van der Waals surface area contributed by atoms with Crippen LogP contribution in [0.2, 0.25) is 0 Å². The molecule has 1 unspecified atom stereocenters. The zero-order valence-electron chi connectivity index (χ0n) is 23.7. The minimum Gasteiger partial charge on any atom is -0.395 e. The third-order valence-electron chi connectivity index (χ3n) is 7.56. The second kappa shape index (κ2) is 12.1. The smallest absolute Gasteiger partial charge is 0.241 e. The van der Waals surface area contributed by atoms with Crippen LogP contribution in [0.25, 0.3) is 22.2 Å². The van der Waals surface area contributed by atoms with Gasteiger partial charge in [0.2, 0.25) is 11.9 Å². The van der Waals surface area contributed by atoms with Crippen LogP contribution in [-0.2, 0) is 14.6 Å². The quantitative estimate of drug-likeness (QED) is 0.229. The van der Waals surface area contributed by atoms with Crippen molar-refractivity contribution in [3.8, 4) is 11.3 Å². The zero-order valence-corrected chi connectivity index (χ0v) is 24.5. The minimum absolute atomic E-state index is 0.0550. The molecule has 222 valence electrons. The largest absolute Gasteiger partial charge is 0.395 e. The number of hydrogen-bond acceptors (Lipinski definition) is 9. The van der Waals surface area contributed by atoms with Crippen molar-refractivity contribution in [3.05, 3.63) is 60.2 Å². The van der Waals surface area contributed by atoms with Gasteiger partial charge in [0.15, 0.2) is 15.7 Å². The average Bonchev–Trinajstić information content (AvgIpc) is 3.40. The fraction of sp³-hybridized carbons (Fsp3) is 0.345. The number of piperazine rings is 1. The molecule has 0 radical (unpaired) electrons. The van der Waals surface area contributed by atoms with E-state index in [1.165, 1.54) is 18.2 Å². The molecule has 1 atom stereocenters. The van der Waals surface area contributed by atoms with E-state index in [2.05, 4.69) is 35.4 Å². The maximum atomic E-state index is 14.9. The summed E-state index contributed by atoms with van der Waals surface area (Å²) in [5.74, 6) is -0.913. The van der Waals surface area contributed by atoms with Gasteiger partial charge in [-0.15, -0.1) is 0 Å². The Morgan fingerprint density at radius 2 is 1.86 bits per heavy atom. The van der Waals surface area contributed by atoms with Gasteiger partial charge in [0.25, 0.3) is 0 Å². The maximum absolute atomic E-state index is 14.9. The van der Waals surface area contributed by atoms with Crippen LogP contribution in [0, 0.1) is 12.7 Å². The molecule has 1 saturated heterocycles. The molecule has 1 aliphatic rings. The number of aryl methyl sites for hydroxylation is 1. The van der Waals surface area contributed by atoms with Crippen molar-refractivity contribution < 1.29 is 22.7 Å². The number of anilines is 3. The summed E-state index contributed by atoms with van der Waals surface area (Å²) in [6.07, 6.45) is 4.36. The summed E-state index contributed by atoms with van der Waals surface area (Å²) in [4.78, 5) is 29.3. The van der Waals surface area contributed by atoms with Crippen molar-refractivity contribution in [2.75, 3.05) is 56.2 Å². The first kappa shape index (κ1) is 29.6. The van der Waals surface area contributed by atoms with Gasteiger partial charge >= 0.3 is 0 Å². The molecular formula is C29H34FN7O4S. The highest BCUT2D eigenvalue weighted by Gasteiger charge is 2.26. The number of H-pyrrole nitrogens is 1. The number of aliphatic hydroxyl groups is 1. The number of β-amino-alcohol motifs (C(OH)–C–C–N with tert-alkyl or cyclic N) is 1. The first-order chi connectivity index (χ1) is 20.1. The summed E-state index contributed by atoms with van der Waals surface area (Å²) in [5, 5.41) is 15.9. The van der Waals surface area contributed by atoms with Crippen LogP contribution in [0.5, 0.6) is 0 Å². The van der Waals surface area contributed by atoms with E-state index in [9.17, 15) is 22.7 Å². The average molecular weight is 596 g/mol. The van der Waals surface area contributed by atoms with Crippen molar-refractivity contribution in [1.82, 2.24) is 24.8 Å². The SMILES string of the molecule is Cc1cnc(Nc2cccc(S(C)(=O)=O)c2F)nc1-c1c[nH]c2c(NC(=O)C(C)N3CCN(CCO)CC3)cccc12. The number of benzene rings is 2. The first-order valence-corrected chi connectivity index (χ1v) is 15.5. The summed E-state index contributed by atoms with van der Waals surface area (Å²) in [5.41, 5.74) is 3.45. The van der Waals surface area contributed by atoms with E-state index in [0.717, 1.165) is 54.5 Å². The van der Waals surface area contributed by atoms with Crippen LogP contribution >= 0.6 is 0 Å². The van der Waals surface area contributed by atoms with Gasteiger partial charge in [0.05, 0.1) is 35.2 Å². The zero-order chi connectivity index (χ0) is 30.0. The van der Waals surface area contributed by atoms with Crippen LogP contribution < -0.4 is 10.6 Å². The van der Waals surface area contributed by atoms with Crippen molar-refractivity contribution >= 4 is 44.0 Å². The summed E-state index contributed by atoms with van der Waals surface area (Å²) in [6.45, 7) is 7.62. The molecule has 4 aromatic rings. The summed E-state index contributed by atoms with van der Waals surface area (Å²) >= 11 is 0. The summed E-state index contributed by atoms with van der Waals surface area (Å²) in [6, 6.07) is 9.36. The van der Waals surface area contributed by atoms with Crippen LogP contribution in [0.4, 0.5) is 21.7 Å². The number of para-hydroxylation sites is 1. The molecule has 5 rings (SSSR count). The molecule has 1 amide bonds. The molecule has 2 aromatic carbocycles. The van der Waals surface area contributed by atoms with E-state index in [0.29, 0.717) is 17.9 Å². The number of nitrogens with one attached hydrogen (secondary N) is 3. The highest BCUT2D eigenvalue weighted by atomic mass is 32.2. The van der Waals surface area contributed by atoms with Gasteiger partial charge in [-0.3, -0.25) is 14.6 Å². The Bertz CT molecular complexity index is 1720. The minimum atomic E-state index is -3.76. The Labute approximate surface area is 243 Å². The predicted octanol–water partition coefficient (Wildman–Crippen LogP) is 3.16. The number of nitrogens with zero attached hydrogens (tertiary/aromatic N) is 4. The fourth-order valence-electron chi connectivity index (χ4n) is 5.16. The number of aromatic nitrogens is 3. The van der Waals surface area contributed by atoms with Gasteiger partial charge < -0.3 is 20.7 Å². The molecule has 42 heavy (non-hydrogen) atoms. The summed E-state index contributed by atoms with van der Waals surface area (Å²) in [7, 11) is -3.76. The van der Waals surface area contributed by atoms with E-state index < -0.39 is 20.5 Å². The number of sulfone groups is 1. The monoisotopic (exact) mass is 595 g/mol. The molecule has 11 nitrogen and oxygen atoms in total. The number of aliphatic hydroxyl groups excluding tert-OH is 1. The lowest BCUT2D eigenvalue weighted by molar-refractivity contribution is -0.121. The molecule has 0 saturated carbocycles. The third kappa shape index (κ3) is 6.14. The Hall–Kier alpha value is -3.91. The number of carbonyl (C=O) groups excluding carboxylic acids is 1. The highest BCUT2D eigenvalue weighted by Crippen LogP contribution is 2.34. The Balaban J connectivity index is 1.38. The second-order valence-corrected chi connectivity index (χ2v) is 12.4. The van der Waals surface area contributed by atoms with E-state index in [4.69, 9.17) is 0 Å². The lowest BCUT2D eigenvalue weighted by Crippen LogP contribution is -2.53. The molecule has 2 aromatic heterocycles. The fourth-order valence-corrected chi connectivity index (χ4v) is 5.92. The number of halogens is 1. The number of fused-ring (bicyclic) bond motifs is 1. The first-order valence-electron chi connectivity index (χ1n) is 13.6. The van der Waals surface area contributed by atoms with Crippen molar-refractivity contribution in [2.24, 2.45) is 0 Å². The molecule has 4 N–H and O–H groups in total. The van der Waals surface area contributed by atoms with Gasteiger partial charge in [-0.2, -0.15) is 0 Å². The molecular weight excluding hydrogens is 561 g/mol. The highest BCUT2D eigenvalue weighted by molar-refractivity contribution is 7.90. The Kier molecular flexibility index (Phi) is 8.55. The molecule has 1 fully saturated rings. The standard InChI is InChI=1S/C29H34FN7O4S/c1-18-16-32-29(34-22-7-5-9-24(25(22)30)42(3,40)41)35-26(18)21-17-31-27-20(21)6-4-8-23(27)33-28(39)19(2)37-12-10-36(11-13-37)14-15-38/h4-9,16-17,19,31,38H,10-15H2,1-3H3,(H,33,39)(H,32,34,35).